The maximum Gasteiger partial charge on any atom is 0.0638 e. The molecule has 13 heavy (non-hydrogen) atoms. The summed E-state index contributed by atoms with van der Waals surface area (Å²) in [6, 6.07) is 0.826. The van der Waals surface area contributed by atoms with Crippen LogP contribution in [-0.4, -0.2) is 36.5 Å². The van der Waals surface area contributed by atoms with E-state index < -0.39 is 0 Å². The summed E-state index contributed by atoms with van der Waals surface area (Å²) in [7, 11) is 1.71. The minimum Gasteiger partial charge on any atom is -0.395 e. The quantitative estimate of drug-likeness (QED) is 0.649. The minimum atomic E-state index is -0.144. The van der Waals surface area contributed by atoms with Crippen LogP contribution in [-0.2, 0) is 4.74 Å². The Hall–Kier alpha value is -0.120. The van der Waals surface area contributed by atoms with Gasteiger partial charge in [0.1, 0.15) is 0 Å². The summed E-state index contributed by atoms with van der Waals surface area (Å²) in [5, 5.41) is 12.5. The van der Waals surface area contributed by atoms with Crippen LogP contribution in [0.25, 0.3) is 0 Å². The highest BCUT2D eigenvalue weighted by molar-refractivity contribution is 4.87. The highest BCUT2D eigenvalue weighted by atomic mass is 16.5. The number of hydrogen-bond donors (Lipinski definition) is 2. The molecule has 0 aromatic heterocycles. The van der Waals surface area contributed by atoms with Gasteiger partial charge in [-0.25, -0.2) is 0 Å². The molecule has 0 aliphatic heterocycles. The summed E-state index contributed by atoms with van der Waals surface area (Å²) in [6.45, 7) is 4.29. The lowest BCUT2D eigenvalue weighted by Gasteiger charge is -2.28. The molecule has 1 aliphatic rings. The molecule has 2 N–H and O–H groups in total. The van der Waals surface area contributed by atoms with Gasteiger partial charge in [0.15, 0.2) is 0 Å². The van der Waals surface area contributed by atoms with E-state index in [2.05, 4.69) is 5.32 Å². The molecule has 0 aromatic carbocycles. The summed E-state index contributed by atoms with van der Waals surface area (Å²) in [6.07, 6.45) is 3.37. The average Bonchev–Trinajstić information content (AvgIpc) is 2.87. The Morgan fingerprint density at radius 1 is 1.54 bits per heavy atom. The van der Waals surface area contributed by atoms with E-state index in [9.17, 15) is 0 Å². The van der Waals surface area contributed by atoms with Crippen molar-refractivity contribution < 1.29 is 9.84 Å². The summed E-state index contributed by atoms with van der Waals surface area (Å²) in [5.41, 5.74) is -0.144. The highest BCUT2D eigenvalue weighted by Crippen LogP contribution is 2.22. The lowest BCUT2D eigenvalue weighted by molar-refractivity contribution is 0.00147. The predicted octanol–water partition coefficient (Wildman–Crippen LogP) is 0.914. The second-order valence-corrected chi connectivity index (χ2v) is 4.49. The molecule has 1 rings (SSSR count). The second kappa shape index (κ2) is 4.40. The molecule has 0 heterocycles. The van der Waals surface area contributed by atoms with Gasteiger partial charge in [0.25, 0.3) is 0 Å². The molecule has 78 valence electrons. The van der Waals surface area contributed by atoms with E-state index in [1.165, 1.54) is 12.8 Å². The molecule has 1 atom stereocenters. The fourth-order valence-electron chi connectivity index (χ4n) is 1.44. The number of nitrogens with one attached hydrogen (secondary N) is 1. The average molecular weight is 187 g/mol. The van der Waals surface area contributed by atoms with Gasteiger partial charge in [-0.1, -0.05) is 0 Å². The van der Waals surface area contributed by atoms with Gasteiger partial charge in [-0.15, -0.1) is 0 Å². The fraction of sp³-hybridized carbons (Fsp3) is 1.00. The zero-order valence-corrected chi connectivity index (χ0v) is 8.84. The van der Waals surface area contributed by atoms with Gasteiger partial charge in [0.2, 0.25) is 0 Å². The van der Waals surface area contributed by atoms with Gasteiger partial charge >= 0.3 is 0 Å². The Bertz CT molecular complexity index is 155. The maximum atomic E-state index is 9.14. The summed E-state index contributed by atoms with van der Waals surface area (Å²) >= 11 is 0. The Balaban J connectivity index is 2.28. The normalized spacial score (nSPS) is 20.3. The fourth-order valence-corrected chi connectivity index (χ4v) is 1.44. The molecule has 0 saturated heterocycles. The standard InChI is InChI=1S/C10H21NO2/c1-10(2,13-3)6-9(7-12)11-8-4-5-8/h8-9,11-12H,4-7H2,1-3H3. The Kier molecular flexibility index (Phi) is 3.71. The summed E-state index contributed by atoms with van der Waals surface area (Å²) in [4.78, 5) is 0. The van der Waals surface area contributed by atoms with E-state index in [1.807, 2.05) is 13.8 Å². The van der Waals surface area contributed by atoms with Gasteiger partial charge in [0.05, 0.1) is 12.2 Å². The van der Waals surface area contributed by atoms with Crippen molar-refractivity contribution in [2.24, 2.45) is 0 Å². The van der Waals surface area contributed by atoms with E-state index in [-0.39, 0.29) is 18.2 Å². The van der Waals surface area contributed by atoms with Crippen LogP contribution in [0.15, 0.2) is 0 Å². The highest BCUT2D eigenvalue weighted by Gasteiger charge is 2.28. The largest absolute Gasteiger partial charge is 0.395 e. The van der Waals surface area contributed by atoms with E-state index in [0.29, 0.717) is 6.04 Å². The molecule has 0 bridgehead atoms. The van der Waals surface area contributed by atoms with E-state index in [4.69, 9.17) is 9.84 Å². The monoisotopic (exact) mass is 187 g/mol. The van der Waals surface area contributed by atoms with E-state index in [0.717, 1.165) is 6.42 Å². The lowest BCUT2D eigenvalue weighted by Crippen LogP contribution is -2.41. The zero-order valence-electron chi connectivity index (χ0n) is 8.84. The number of aliphatic hydroxyl groups is 1. The molecule has 3 nitrogen and oxygen atoms in total. The number of rotatable bonds is 6. The van der Waals surface area contributed by atoms with Crippen molar-refractivity contribution in [3.05, 3.63) is 0 Å². The first-order chi connectivity index (χ1) is 6.07. The predicted molar refractivity (Wildman–Crippen MR) is 52.7 cm³/mol. The third kappa shape index (κ3) is 4.07. The smallest absolute Gasteiger partial charge is 0.0638 e. The van der Waals surface area contributed by atoms with Crippen molar-refractivity contribution in [1.82, 2.24) is 5.32 Å². The van der Waals surface area contributed by atoms with Crippen LogP contribution in [0.1, 0.15) is 33.1 Å². The Morgan fingerprint density at radius 3 is 2.54 bits per heavy atom. The van der Waals surface area contributed by atoms with Crippen LogP contribution in [0.3, 0.4) is 0 Å². The molecule has 1 saturated carbocycles. The van der Waals surface area contributed by atoms with Crippen molar-refractivity contribution >= 4 is 0 Å². The van der Waals surface area contributed by atoms with Gasteiger partial charge in [-0.3, -0.25) is 0 Å². The second-order valence-electron chi connectivity index (χ2n) is 4.49. The van der Waals surface area contributed by atoms with Crippen LogP contribution in [0, 0.1) is 0 Å². The van der Waals surface area contributed by atoms with Gasteiger partial charge in [0, 0.05) is 19.2 Å². The molecule has 0 spiro atoms. The van der Waals surface area contributed by atoms with Crippen molar-refractivity contribution in [3.63, 3.8) is 0 Å². The number of aliphatic hydroxyl groups excluding tert-OH is 1. The minimum absolute atomic E-state index is 0.144. The molecule has 1 unspecified atom stereocenters. The number of methoxy groups -OCH3 is 1. The first-order valence-corrected chi connectivity index (χ1v) is 4.99. The molecule has 1 aliphatic carbocycles. The Morgan fingerprint density at radius 2 is 2.15 bits per heavy atom. The molecular weight excluding hydrogens is 166 g/mol. The SMILES string of the molecule is COC(C)(C)CC(CO)NC1CC1. The van der Waals surface area contributed by atoms with Gasteiger partial charge in [-0.05, 0) is 33.1 Å². The summed E-state index contributed by atoms with van der Waals surface area (Å²) < 4.78 is 5.32. The molecule has 1 fully saturated rings. The van der Waals surface area contributed by atoms with Crippen LogP contribution >= 0.6 is 0 Å². The molecule has 0 aromatic rings. The molecule has 3 heteroatoms. The topological polar surface area (TPSA) is 41.5 Å². The molecule has 0 radical (unpaired) electrons. The maximum absolute atomic E-state index is 9.14. The van der Waals surface area contributed by atoms with Crippen molar-refractivity contribution in [2.45, 2.75) is 50.8 Å². The molecular formula is C10H21NO2. The van der Waals surface area contributed by atoms with Crippen LogP contribution in [0.5, 0.6) is 0 Å². The van der Waals surface area contributed by atoms with Crippen molar-refractivity contribution in [1.29, 1.82) is 0 Å². The van der Waals surface area contributed by atoms with Crippen LogP contribution in [0.2, 0.25) is 0 Å². The van der Waals surface area contributed by atoms with Crippen molar-refractivity contribution in [3.8, 4) is 0 Å². The number of hydrogen-bond acceptors (Lipinski definition) is 3. The summed E-state index contributed by atoms with van der Waals surface area (Å²) in [5.74, 6) is 0. The first-order valence-electron chi connectivity index (χ1n) is 4.99. The lowest BCUT2D eigenvalue weighted by atomic mass is 9.99. The van der Waals surface area contributed by atoms with Crippen LogP contribution in [0.4, 0.5) is 0 Å². The third-order valence-corrected chi connectivity index (χ3v) is 2.56. The van der Waals surface area contributed by atoms with Gasteiger partial charge in [-0.2, -0.15) is 0 Å². The van der Waals surface area contributed by atoms with Gasteiger partial charge < -0.3 is 15.2 Å². The van der Waals surface area contributed by atoms with Crippen LogP contribution < -0.4 is 5.32 Å². The number of ether oxygens (including phenoxy) is 1. The third-order valence-electron chi connectivity index (χ3n) is 2.56. The van der Waals surface area contributed by atoms with E-state index >= 15 is 0 Å². The molecule has 0 amide bonds. The Labute approximate surface area is 80.5 Å². The van der Waals surface area contributed by atoms with E-state index in [1.54, 1.807) is 7.11 Å². The first kappa shape index (κ1) is 11.0. The zero-order chi connectivity index (χ0) is 9.90. The van der Waals surface area contributed by atoms with Crippen molar-refractivity contribution in [2.75, 3.05) is 13.7 Å².